The highest BCUT2D eigenvalue weighted by Gasteiger charge is 2.23. The van der Waals surface area contributed by atoms with Crippen LogP contribution in [0.25, 0.3) is 11.1 Å². The van der Waals surface area contributed by atoms with Crippen LogP contribution in [-0.4, -0.2) is 23.2 Å². The van der Waals surface area contributed by atoms with Crippen LogP contribution in [0.5, 0.6) is 0 Å². The fraction of sp³-hybridized carbons (Fsp3) is 0.143. The summed E-state index contributed by atoms with van der Waals surface area (Å²) in [5.41, 5.74) is 12.1. The first-order chi connectivity index (χ1) is 13.0. The normalized spacial score (nSPS) is 10.4. The van der Waals surface area contributed by atoms with Crippen molar-refractivity contribution < 1.29 is 14.3 Å². The summed E-state index contributed by atoms with van der Waals surface area (Å²) in [5.74, 6) is -0.739. The lowest BCUT2D eigenvalue weighted by molar-refractivity contribution is 0.0528. The number of amides is 1. The van der Waals surface area contributed by atoms with E-state index in [0.29, 0.717) is 11.1 Å². The van der Waals surface area contributed by atoms with E-state index in [-0.39, 0.29) is 23.9 Å². The third-order valence-electron chi connectivity index (χ3n) is 4.14. The second-order valence-electron chi connectivity index (χ2n) is 6.07. The zero-order chi connectivity index (χ0) is 19.4. The molecule has 0 fully saturated rings. The Morgan fingerprint density at radius 1 is 1.07 bits per heavy atom. The molecular formula is C21H21N3O3. The first-order valence-electron chi connectivity index (χ1n) is 8.62. The number of rotatable bonds is 5. The van der Waals surface area contributed by atoms with Gasteiger partial charge >= 0.3 is 5.97 Å². The number of carbonyl (C=O) groups excluding carboxylic acids is 2. The smallest absolute Gasteiger partial charge is 0.342 e. The number of nitrogens with one attached hydrogen (secondary N) is 1. The van der Waals surface area contributed by atoms with E-state index in [1.54, 1.807) is 25.3 Å². The van der Waals surface area contributed by atoms with E-state index in [2.05, 4.69) is 5.43 Å². The monoisotopic (exact) mass is 363 g/mol. The first-order valence-corrected chi connectivity index (χ1v) is 8.62. The van der Waals surface area contributed by atoms with E-state index in [1.165, 1.54) is 4.68 Å². The number of aromatic nitrogens is 1. The van der Waals surface area contributed by atoms with Crippen LogP contribution in [0.2, 0.25) is 0 Å². The minimum absolute atomic E-state index is 0.118. The van der Waals surface area contributed by atoms with E-state index < -0.39 is 5.97 Å². The second-order valence-corrected chi connectivity index (χ2v) is 6.07. The van der Waals surface area contributed by atoms with Gasteiger partial charge in [-0.1, -0.05) is 48.0 Å². The Labute approximate surface area is 157 Å². The summed E-state index contributed by atoms with van der Waals surface area (Å²) < 4.78 is 6.50. The van der Waals surface area contributed by atoms with Gasteiger partial charge in [-0.2, -0.15) is 0 Å². The first kappa shape index (κ1) is 18.3. The van der Waals surface area contributed by atoms with Crippen molar-refractivity contribution in [2.24, 2.45) is 0 Å². The number of hydrogen-bond donors (Lipinski definition) is 2. The van der Waals surface area contributed by atoms with E-state index in [9.17, 15) is 9.59 Å². The quantitative estimate of drug-likeness (QED) is 0.678. The Balaban J connectivity index is 1.99. The molecule has 0 atom stereocenters. The van der Waals surface area contributed by atoms with Gasteiger partial charge in [0.25, 0.3) is 5.91 Å². The molecule has 0 saturated heterocycles. The third-order valence-corrected chi connectivity index (χ3v) is 4.14. The van der Waals surface area contributed by atoms with Crippen LogP contribution >= 0.6 is 0 Å². The van der Waals surface area contributed by atoms with Crippen molar-refractivity contribution in [2.45, 2.75) is 13.8 Å². The SMILES string of the molecule is CCOC(=O)c1c(-c2ccccc2)cn(NC(=O)c2ccc(C)cc2)c1N. The summed E-state index contributed by atoms with van der Waals surface area (Å²) in [6.45, 7) is 3.91. The molecule has 0 unspecified atom stereocenters. The Morgan fingerprint density at radius 3 is 2.37 bits per heavy atom. The van der Waals surface area contributed by atoms with Crippen LogP contribution in [0.3, 0.4) is 0 Å². The molecule has 0 aliphatic rings. The lowest BCUT2D eigenvalue weighted by Crippen LogP contribution is -2.24. The van der Waals surface area contributed by atoms with Gasteiger partial charge in [-0.25, -0.2) is 9.47 Å². The van der Waals surface area contributed by atoms with Crippen LogP contribution in [0.4, 0.5) is 5.82 Å². The van der Waals surface area contributed by atoms with Crippen LogP contribution in [-0.2, 0) is 4.74 Å². The van der Waals surface area contributed by atoms with Crippen molar-refractivity contribution in [3.63, 3.8) is 0 Å². The number of esters is 1. The Kier molecular flexibility index (Phi) is 5.26. The fourth-order valence-corrected chi connectivity index (χ4v) is 2.75. The average Bonchev–Trinajstić information content (AvgIpc) is 2.99. The van der Waals surface area contributed by atoms with Crippen molar-refractivity contribution >= 4 is 17.7 Å². The minimum atomic E-state index is -0.530. The molecule has 0 bridgehead atoms. The molecule has 6 nitrogen and oxygen atoms in total. The number of ether oxygens (including phenoxy) is 1. The zero-order valence-corrected chi connectivity index (χ0v) is 15.2. The molecule has 138 valence electrons. The Bertz CT molecular complexity index is 960. The number of aryl methyl sites for hydroxylation is 1. The molecule has 3 N–H and O–H groups in total. The molecular weight excluding hydrogens is 342 g/mol. The van der Waals surface area contributed by atoms with Gasteiger partial charge in [0.15, 0.2) is 0 Å². The summed E-state index contributed by atoms with van der Waals surface area (Å²) in [7, 11) is 0. The molecule has 0 aliphatic carbocycles. The predicted octanol–water partition coefficient (Wildman–Crippen LogP) is 3.61. The van der Waals surface area contributed by atoms with Gasteiger partial charge in [0.05, 0.1) is 6.61 Å². The van der Waals surface area contributed by atoms with E-state index >= 15 is 0 Å². The molecule has 0 radical (unpaired) electrons. The van der Waals surface area contributed by atoms with Crippen LogP contribution in [0.1, 0.15) is 33.2 Å². The number of nitrogens with zero attached hydrogens (tertiary/aromatic N) is 1. The highest BCUT2D eigenvalue weighted by Crippen LogP contribution is 2.30. The van der Waals surface area contributed by atoms with Crippen LogP contribution < -0.4 is 11.2 Å². The Hall–Kier alpha value is -3.54. The lowest BCUT2D eigenvalue weighted by Gasteiger charge is -2.09. The van der Waals surface area contributed by atoms with Crippen molar-refractivity contribution in [3.05, 3.63) is 77.5 Å². The molecule has 3 rings (SSSR count). The highest BCUT2D eigenvalue weighted by molar-refractivity contribution is 6.04. The average molecular weight is 363 g/mol. The highest BCUT2D eigenvalue weighted by atomic mass is 16.5. The maximum absolute atomic E-state index is 12.5. The number of benzene rings is 2. The van der Waals surface area contributed by atoms with Crippen LogP contribution in [0, 0.1) is 6.92 Å². The topological polar surface area (TPSA) is 86.3 Å². The lowest BCUT2D eigenvalue weighted by atomic mass is 10.0. The van der Waals surface area contributed by atoms with E-state index in [0.717, 1.165) is 11.1 Å². The van der Waals surface area contributed by atoms with E-state index in [4.69, 9.17) is 10.5 Å². The molecule has 3 aromatic rings. The molecule has 6 heteroatoms. The van der Waals surface area contributed by atoms with Crippen molar-refractivity contribution in [2.75, 3.05) is 17.8 Å². The maximum atomic E-state index is 12.5. The van der Waals surface area contributed by atoms with Crippen molar-refractivity contribution in [1.82, 2.24) is 4.68 Å². The van der Waals surface area contributed by atoms with Gasteiger partial charge in [0.1, 0.15) is 11.4 Å². The zero-order valence-electron chi connectivity index (χ0n) is 15.2. The van der Waals surface area contributed by atoms with Crippen molar-refractivity contribution in [1.29, 1.82) is 0 Å². The second kappa shape index (κ2) is 7.78. The molecule has 2 aromatic carbocycles. The summed E-state index contributed by atoms with van der Waals surface area (Å²) in [4.78, 5) is 25.0. The maximum Gasteiger partial charge on any atom is 0.342 e. The van der Waals surface area contributed by atoms with Gasteiger partial charge in [-0.15, -0.1) is 0 Å². The molecule has 1 amide bonds. The summed E-state index contributed by atoms with van der Waals surface area (Å²) >= 11 is 0. The van der Waals surface area contributed by atoms with Gasteiger partial charge in [0, 0.05) is 17.3 Å². The molecule has 0 aliphatic heterocycles. The predicted molar refractivity (Wildman–Crippen MR) is 105 cm³/mol. The molecule has 0 saturated carbocycles. The van der Waals surface area contributed by atoms with Crippen molar-refractivity contribution in [3.8, 4) is 11.1 Å². The summed E-state index contributed by atoms with van der Waals surface area (Å²) in [6.07, 6.45) is 1.63. The molecule has 1 heterocycles. The fourth-order valence-electron chi connectivity index (χ4n) is 2.75. The van der Waals surface area contributed by atoms with Gasteiger partial charge in [0.2, 0.25) is 0 Å². The molecule has 27 heavy (non-hydrogen) atoms. The molecule has 0 spiro atoms. The minimum Gasteiger partial charge on any atom is -0.462 e. The standard InChI is InChI=1S/C21H21N3O3/c1-3-27-21(26)18-17(15-7-5-4-6-8-15)13-24(19(18)22)23-20(25)16-11-9-14(2)10-12-16/h4-13H,3,22H2,1-2H3,(H,23,25). The third kappa shape index (κ3) is 3.84. The van der Waals surface area contributed by atoms with Gasteiger partial charge < -0.3 is 10.5 Å². The Morgan fingerprint density at radius 2 is 1.74 bits per heavy atom. The number of nitrogens with two attached hydrogens (primary N) is 1. The number of anilines is 1. The number of hydrogen-bond acceptors (Lipinski definition) is 4. The molecule has 1 aromatic heterocycles. The van der Waals surface area contributed by atoms with E-state index in [1.807, 2.05) is 49.4 Å². The number of carbonyl (C=O) groups is 2. The summed E-state index contributed by atoms with van der Waals surface area (Å²) in [5, 5.41) is 0. The largest absolute Gasteiger partial charge is 0.462 e. The number of nitrogen functional groups attached to an aromatic ring is 1. The van der Waals surface area contributed by atoms with Gasteiger partial charge in [-0.05, 0) is 31.5 Å². The summed E-state index contributed by atoms with van der Waals surface area (Å²) in [6, 6.07) is 16.5. The van der Waals surface area contributed by atoms with Crippen LogP contribution in [0.15, 0.2) is 60.8 Å². The van der Waals surface area contributed by atoms with Gasteiger partial charge in [-0.3, -0.25) is 10.2 Å².